The molecule has 4 rings (SSSR count). The van der Waals surface area contributed by atoms with Gasteiger partial charge in [-0.3, -0.25) is 4.79 Å². The average Bonchev–Trinajstić information content (AvgIpc) is 3.21. The first-order valence-electron chi connectivity index (χ1n) is 9.21. The van der Waals surface area contributed by atoms with E-state index >= 15 is 0 Å². The lowest BCUT2D eigenvalue weighted by molar-refractivity contribution is -0.113. The van der Waals surface area contributed by atoms with Crippen LogP contribution in [0.3, 0.4) is 0 Å². The van der Waals surface area contributed by atoms with Crippen LogP contribution >= 0.6 is 0 Å². The van der Waals surface area contributed by atoms with Crippen LogP contribution in [0.1, 0.15) is 18.5 Å². The minimum Gasteiger partial charge on any atom is -0.508 e. The number of nitrogens with one attached hydrogen (secondary N) is 2. The molecule has 1 amide bonds. The van der Waals surface area contributed by atoms with Crippen LogP contribution in [0.4, 0.5) is 11.6 Å². The lowest BCUT2D eigenvalue weighted by Crippen LogP contribution is -2.31. The normalized spacial score (nSPS) is 15.2. The van der Waals surface area contributed by atoms with E-state index in [-0.39, 0.29) is 11.7 Å². The van der Waals surface area contributed by atoms with Gasteiger partial charge in [0.25, 0.3) is 5.91 Å². The van der Waals surface area contributed by atoms with Gasteiger partial charge in [-0.05, 0) is 36.8 Å². The minimum atomic E-state index is -0.520. The third kappa shape index (κ3) is 3.41. The number of nitrogens with zero attached hydrogens (tertiary/aromatic N) is 3. The third-order valence-corrected chi connectivity index (χ3v) is 4.90. The monoisotopic (exact) mass is 407 g/mol. The Morgan fingerprint density at radius 3 is 2.63 bits per heavy atom. The summed E-state index contributed by atoms with van der Waals surface area (Å²) >= 11 is 0. The Balaban J connectivity index is 1.74. The highest BCUT2D eigenvalue weighted by Gasteiger charge is 2.33. The molecule has 1 aliphatic rings. The van der Waals surface area contributed by atoms with Gasteiger partial charge in [0, 0.05) is 11.8 Å². The van der Waals surface area contributed by atoms with Crippen molar-refractivity contribution in [2.45, 2.75) is 13.0 Å². The topological polar surface area (TPSA) is 111 Å². The van der Waals surface area contributed by atoms with Crippen molar-refractivity contribution in [3.63, 3.8) is 0 Å². The number of methoxy groups -OCH3 is 2. The van der Waals surface area contributed by atoms with Crippen molar-refractivity contribution < 1.29 is 19.4 Å². The van der Waals surface area contributed by atoms with Crippen LogP contribution in [0.15, 0.2) is 60.1 Å². The van der Waals surface area contributed by atoms with Crippen molar-refractivity contribution in [1.82, 2.24) is 14.8 Å². The number of rotatable bonds is 5. The van der Waals surface area contributed by atoms with Crippen LogP contribution in [0.2, 0.25) is 0 Å². The number of ether oxygens (including phenoxy) is 2. The Bertz CT molecular complexity index is 1120. The molecule has 1 atom stereocenters. The maximum absolute atomic E-state index is 13.4. The molecule has 0 bridgehead atoms. The molecular weight excluding hydrogens is 386 g/mol. The Labute approximate surface area is 173 Å². The molecule has 0 aliphatic carbocycles. The number of phenolic OH excluding ortho intramolecular Hbond substituents is 1. The van der Waals surface area contributed by atoms with Crippen molar-refractivity contribution in [2.75, 3.05) is 24.9 Å². The highest BCUT2D eigenvalue weighted by molar-refractivity contribution is 6.06. The van der Waals surface area contributed by atoms with Crippen molar-refractivity contribution >= 4 is 17.5 Å². The Morgan fingerprint density at radius 1 is 1.17 bits per heavy atom. The van der Waals surface area contributed by atoms with E-state index in [9.17, 15) is 9.90 Å². The number of carbonyl (C=O) groups is 1. The molecule has 3 aromatic rings. The molecule has 1 aromatic heterocycles. The second kappa shape index (κ2) is 7.78. The molecule has 9 nitrogen and oxygen atoms in total. The second-order valence-corrected chi connectivity index (χ2v) is 6.71. The van der Waals surface area contributed by atoms with Crippen LogP contribution in [-0.4, -0.2) is 40.0 Å². The fourth-order valence-corrected chi connectivity index (χ4v) is 3.44. The van der Waals surface area contributed by atoms with E-state index < -0.39 is 6.04 Å². The molecule has 0 spiro atoms. The Kier molecular flexibility index (Phi) is 5.01. The summed E-state index contributed by atoms with van der Waals surface area (Å²) < 4.78 is 12.2. The van der Waals surface area contributed by atoms with Crippen molar-refractivity contribution in [2.24, 2.45) is 0 Å². The number of allylic oxidation sites excluding steroid dienone is 1. The minimum absolute atomic E-state index is 0.140. The molecule has 2 aromatic carbocycles. The summed E-state index contributed by atoms with van der Waals surface area (Å²) in [5, 5.41) is 20.0. The molecule has 30 heavy (non-hydrogen) atoms. The Hall–Kier alpha value is -4.01. The first kappa shape index (κ1) is 19.3. The fourth-order valence-electron chi connectivity index (χ4n) is 3.44. The van der Waals surface area contributed by atoms with Gasteiger partial charge < -0.3 is 25.2 Å². The summed E-state index contributed by atoms with van der Waals surface area (Å²) in [4.78, 5) is 17.6. The van der Waals surface area contributed by atoms with Gasteiger partial charge in [0.2, 0.25) is 5.95 Å². The lowest BCUT2D eigenvalue weighted by atomic mass is 9.95. The SMILES string of the molecule is COc1ccc(NC(=O)C2=C(C)Nc3ncnn3[C@@H]2c2ccc(O)cc2)c(OC)c1. The summed E-state index contributed by atoms with van der Waals surface area (Å²) in [6, 6.07) is 11.3. The number of fused-ring (bicyclic) bond motifs is 1. The molecule has 0 radical (unpaired) electrons. The van der Waals surface area contributed by atoms with E-state index in [1.54, 1.807) is 54.3 Å². The quantitative estimate of drug-likeness (QED) is 0.596. The Morgan fingerprint density at radius 2 is 1.93 bits per heavy atom. The first-order valence-corrected chi connectivity index (χ1v) is 9.21. The van der Waals surface area contributed by atoms with Crippen LogP contribution in [0.5, 0.6) is 17.2 Å². The van der Waals surface area contributed by atoms with Crippen LogP contribution in [0.25, 0.3) is 0 Å². The van der Waals surface area contributed by atoms with Crippen LogP contribution < -0.4 is 20.1 Å². The van der Waals surface area contributed by atoms with Gasteiger partial charge in [0.15, 0.2) is 0 Å². The van der Waals surface area contributed by atoms with Gasteiger partial charge in [0.1, 0.15) is 29.6 Å². The summed E-state index contributed by atoms with van der Waals surface area (Å²) in [6.07, 6.45) is 1.43. The molecule has 154 valence electrons. The highest BCUT2D eigenvalue weighted by atomic mass is 16.5. The lowest BCUT2D eigenvalue weighted by Gasteiger charge is -2.29. The maximum Gasteiger partial charge on any atom is 0.255 e. The van der Waals surface area contributed by atoms with Gasteiger partial charge in [-0.15, -0.1) is 0 Å². The van der Waals surface area contributed by atoms with E-state index in [0.717, 1.165) is 5.56 Å². The van der Waals surface area contributed by atoms with Gasteiger partial charge in [-0.2, -0.15) is 10.1 Å². The molecule has 0 fully saturated rings. The van der Waals surface area contributed by atoms with Crippen LogP contribution in [-0.2, 0) is 4.79 Å². The number of phenols is 1. The molecular formula is C21H21N5O4. The zero-order valence-electron chi connectivity index (χ0n) is 16.7. The standard InChI is InChI=1S/C21H21N5O4/c1-12-18(20(28)25-16-9-8-15(29-2)10-17(16)30-3)19(13-4-6-14(27)7-5-13)26-21(24-12)22-11-23-26/h4-11,19,27H,1-3H3,(H,25,28)(H,22,23,24)/t19-/m1/s1. The number of benzene rings is 2. The number of hydrogen-bond donors (Lipinski definition) is 3. The predicted molar refractivity (Wildman–Crippen MR) is 111 cm³/mol. The summed E-state index contributed by atoms with van der Waals surface area (Å²) in [6.45, 7) is 1.81. The predicted octanol–water partition coefficient (Wildman–Crippen LogP) is 2.93. The summed E-state index contributed by atoms with van der Waals surface area (Å²) in [7, 11) is 3.09. The van der Waals surface area contributed by atoms with E-state index in [2.05, 4.69) is 20.7 Å². The van der Waals surface area contributed by atoms with E-state index in [1.807, 2.05) is 6.92 Å². The number of amides is 1. The van der Waals surface area contributed by atoms with Gasteiger partial charge in [-0.1, -0.05) is 12.1 Å². The van der Waals surface area contributed by atoms with Gasteiger partial charge >= 0.3 is 0 Å². The van der Waals surface area contributed by atoms with Crippen molar-refractivity contribution in [3.8, 4) is 17.2 Å². The first-order chi connectivity index (χ1) is 14.5. The van der Waals surface area contributed by atoms with Gasteiger partial charge in [0.05, 0.1) is 25.5 Å². The van der Waals surface area contributed by atoms with E-state index in [4.69, 9.17) is 9.47 Å². The maximum atomic E-state index is 13.4. The molecule has 3 N–H and O–H groups in total. The summed E-state index contributed by atoms with van der Waals surface area (Å²) in [5.41, 5.74) is 2.42. The number of aromatic nitrogens is 3. The number of hydrogen-bond acceptors (Lipinski definition) is 7. The zero-order chi connectivity index (χ0) is 21.3. The third-order valence-electron chi connectivity index (χ3n) is 4.90. The molecule has 1 aliphatic heterocycles. The molecule has 9 heteroatoms. The molecule has 0 saturated carbocycles. The zero-order valence-corrected chi connectivity index (χ0v) is 16.7. The van der Waals surface area contributed by atoms with Crippen LogP contribution in [0, 0.1) is 0 Å². The molecule has 2 heterocycles. The van der Waals surface area contributed by atoms with E-state index in [1.165, 1.54) is 13.4 Å². The average molecular weight is 407 g/mol. The van der Waals surface area contributed by atoms with Gasteiger partial charge in [-0.25, -0.2) is 4.68 Å². The number of carbonyl (C=O) groups excluding carboxylic acids is 1. The fraction of sp³-hybridized carbons (Fsp3) is 0.190. The smallest absolute Gasteiger partial charge is 0.255 e. The van der Waals surface area contributed by atoms with Crippen molar-refractivity contribution in [1.29, 1.82) is 0 Å². The number of aromatic hydroxyl groups is 1. The molecule has 0 saturated heterocycles. The molecule has 0 unspecified atom stereocenters. The second-order valence-electron chi connectivity index (χ2n) is 6.71. The van der Waals surface area contributed by atoms with Crippen molar-refractivity contribution in [3.05, 3.63) is 65.6 Å². The largest absolute Gasteiger partial charge is 0.508 e. The number of anilines is 2. The van der Waals surface area contributed by atoms with E-state index in [0.29, 0.717) is 34.4 Å². The summed E-state index contributed by atoms with van der Waals surface area (Å²) in [5.74, 6) is 1.45. The highest BCUT2D eigenvalue weighted by Crippen LogP contribution is 2.37.